The van der Waals surface area contributed by atoms with Gasteiger partial charge in [0, 0.05) is 5.92 Å². The van der Waals surface area contributed by atoms with Gasteiger partial charge in [-0.1, -0.05) is 11.2 Å². The van der Waals surface area contributed by atoms with Gasteiger partial charge in [0.2, 0.25) is 0 Å². The summed E-state index contributed by atoms with van der Waals surface area (Å²) in [4.78, 5) is 4.30. The van der Waals surface area contributed by atoms with Crippen molar-refractivity contribution in [3.8, 4) is 17.2 Å². The van der Waals surface area contributed by atoms with Crippen LogP contribution in [0.2, 0.25) is 0 Å². The monoisotopic (exact) mass is 216 g/mol. The molecule has 3 rings (SSSR count). The van der Waals surface area contributed by atoms with Gasteiger partial charge >= 0.3 is 0 Å². The van der Waals surface area contributed by atoms with Crippen LogP contribution in [0.5, 0.6) is 5.75 Å². The molecule has 0 saturated heterocycles. The van der Waals surface area contributed by atoms with E-state index in [1.54, 1.807) is 12.1 Å². The van der Waals surface area contributed by atoms with Crippen LogP contribution in [0.15, 0.2) is 22.7 Å². The number of phenols is 1. The van der Waals surface area contributed by atoms with Crippen LogP contribution in [0, 0.1) is 6.92 Å². The summed E-state index contributed by atoms with van der Waals surface area (Å²) >= 11 is 0. The molecule has 0 amide bonds. The number of nitrogens with zero attached hydrogens (tertiary/aromatic N) is 2. The Morgan fingerprint density at radius 3 is 2.88 bits per heavy atom. The highest BCUT2D eigenvalue weighted by molar-refractivity contribution is 5.62. The fourth-order valence-corrected chi connectivity index (χ4v) is 1.67. The molecule has 1 heterocycles. The molecule has 0 spiro atoms. The third-order valence-corrected chi connectivity index (χ3v) is 2.77. The van der Waals surface area contributed by atoms with Crippen LogP contribution in [0.4, 0.5) is 0 Å². The summed E-state index contributed by atoms with van der Waals surface area (Å²) in [7, 11) is 0. The highest BCUT2D eigenvalue weighted by Gasteiger charge is 2.29. The van der Waals surface area contributed by atoms with Crippen molar-refractivity contribution < 1.29 is 9.63 Å². The molecule has 1 N–H and O–H groups in total. The molecule has 1 aliphatic carbocycles. The van der Waals surface area contributed by atoms with Gasteiger partial charge < -0.3 is 9.63 Å². The van der Waals surface area contributed by atoms with Gasteiger partial charge in [-0.05, 0) is 37.5 Å². The Hall–Kier alpha value is -1.84. The van der Waals surface area contributed by atoms with E-state index in [0.29, 0.717) is 17.4 Å². The Balaban J connectivity index is 2.00. The van der Waals surface area contributed by atoms with Gasteiger partial charge in [-0.15, -0.1) is 0 Å². The summed E-state index contributed by atoms with van der Waals surface area (Å²) in [5.74, 6) is 1.81. The summed E-state index contributed by atoms with van der Waals surface area (Å²) < 4.78 is 5.15. The average molecular weight is 216 g/mol. The third kappa shape index (κ3) is 1.56. The predicted octanol–water partition coefficient (Wildman–Crippen LogP) is 2.63. The van der Waals surface area contributed by atoms with E-state index < -0.39 is 0 Å². The molecule has 0 aliphatic heterocycles. The smallest absolute Gasteiger partial charge is 0.261 e. The number of benzene rings is 1. The van der Waals surface area contributed by atoms with Gasteiger partial charge in [-0.3, -0.25) is 0 Å². The Bertz CT molecular complexity index is 530. The molecule has 0 radical (unpaired) electrons. The summed E-state index contributed by atoms with van der Waals surface area (Å²) in [5, 5.41) is 13.7. The molecule has 1 fully saturated rings. The number of phenolic OH excluding ortho intramolecular Hbond substituents is 1. The van der Waals surface area contributed by atoms with E-state index in [4.69, 9.17) is 4.52 Å². The summed E-state index contributed by atoms with van der Waals surface area (Å²) in [5.41, 5.74) is 1.60. The molecule has 0 bridgehead atoms. The second-order valence-corrected chi connectivity index (χ2v) is 4.25. The number of aromatic nitrogens is 2. The van der Waals surface area contributed by atoms with Gasteiger partial charge in [0.25, 0.3) is 5.89 Å². The zero-order valence-electron chi connectivity index (χ0n) is 8.97. The van der Waals surface area contributed by atoms with Gasteiger partial charge in [0.05, 0.1) is 5.56 Å². The minimum Gasteiger partial charge on any atom is -0.507 e. The zero-order valence-corrected chi connectivity index (χ0v) is 8.97. The normalized spacial score (nSPS) is 15.3. The number of hydrogen-bond donors (Lipinski definition) is 1. The molecule has 2 aromatic rings. The topological polar surface area (TPSA) is 59.2 Å². The molecule has 0 atom stereocenters. The molecule has 1 aliphatic rings. The summed E-state index contributed by atoms with van der Waals surface area (Å²) in [6, 6.07) is 5.40. The van der Waals surface area contributed by atoms with Crippen molar-refractivity contribution in [3.05, 3.63) is 29.6 Å². The maximum absolute atomic E-state index is 9.78. The second-order valence-electron chi connectivity index (χ2n) is 4.25. The largest absolute Gasteiger partial charge is 0.507 e. The van der Waals surface area contributed by atoms with Crippen LogP contribution >= 0.6 is 0 Å². The van der Waals surface area contributed by atoms with Gasteiger partial charge in [-0.25, -0.2) is 0 Å². The van der Waals surface area contributed by atoms with Crippen molar-refractivity contribution in [2.75, 3.05) is 0 Å². The van der Waals surface area contributed by atoms with Gasteiger partial charge in [0.1, 0.15) is 5.75 Å². The standard InChI is InChI=1S/C12H12N2O2/c1-7-2-5-9(10(15)6-7)12-13-11(14-16-12)8-3-4-8/h2,5-6,8,15H,3-4H2,1H3. The maximum Gasteiger partial charge on any atom is 0.261 e. The number of aryl methyl sites for hydroxylation is 1. The van der Waals surface area contributed by atoms with E-state index >= 15 is 0 Å². The Kier molecular flexibility index (Phi) is 1.96. The van der Waals surface area contributed by atoms with E-state index in [9.17, 15) is 5.11 Å². The van der Waals surface area contributed by atoms with E-state index in [0.717, 1.165) is 24.2 Å². The quantitative estimate of drug-likeness (QED) is 0.838. The molecule has 1 saturated carbocycles. The number of rotatable bonds is 2. The van der Waals surface area contributed by atoms with E-state index in [1.165, 1.54) is 0 Å². The molecule has 82 valence electrons. The van der Waals surface area contributed by atoms with Crippen LogP contribution in [0.25, 0.3) is 11.5 Å². The zero-order chi connectivity index (χ0) is 11.1. The fraction of sp³-hybridized carbons (Fsp3) is 0.333. The first kappa shape index (κ1) is 9.39. The van der Waals surface area contributed by atoms with Crippen molar-refractivity contribution in [1.29, 1.82) is 0 Å². The van der Waals surface area contributed by atoms with Crippen LogP contribution in [0.1, 0.15) is 30.1 Å². The van der Waals surface area contributed by atoms with Crippen molar-refractivity contribution in [3.63, 3.8) is 0 Å². The first-order valence-electron chi connectivity index (χ1n) is 5.37. The van der Waals surface area contributed by atoms with Crippen LogP contribution in [0.3, 0.4) is 0 Å². The predicted molar refractivity (Wildman–Crippen MR) is 58.1 cm³/mol. The minimum atomic E-state index is 0.186. The molecule has 1 aromatic heterocycles. The first-order chi connectivity index (χ1) is 7.74. The molecule has 16 heavy (non-hydrogen) atoms. The SMILES string of the molecule is Cc1ccc(-c2nc(C3CC3)no2)c(O)c1. The van der Waals surface area contributed by atoms with Crippen LogP contribution < -0.4 is 0 Å². The fourth-order valence-electron chi connectivity index (χ4n) is 1.67. The lowest BCUT2D eigenvalue weighted by molar-refractivity contribution is 0.417. The molecule has 1 aromatic carbocycles. The highest BCUT2D eigenvalue weighted by Crippen LogP contribution is 2.39. The third-order valence-electron chi connectivity index (χ3n) is 2.77. The van der Waals surface area contributed by atoms with Gasteiger partial charge in [-0.2, -0.15) is 4.98 Å². The second kappa shape index (κ2) is 3.33. The molecular weight excluding hydrogens is 204 g/mol. The summed E-state index contributed by atoms with van der Waals surface area (Å²) in [6.45, 7) is 1.92. The number of hydrogen-bond acceptors (Lipinski definition) is 4. The molecule has 4 nitrogen and oxygen atoms in total. The average Bonchev–Trinajstić information content (AvgIpc) is 2.98. The van der Waals surface area contributed by atoms with Crippen molar-refractivity contribution >= 4 is 0 Å². The molecule has 0 unspecified atom stereocenters. The Morgan fingerprint density at radius 2 is 2.19 bits per heavy atom. The van der Waals surface area contributed by atoms with Crippen LogP contribution in [-0.2, 0) is 0 Å². The lowest BCUT2D eigenvalue weighted by Crippen LogP contribution is -1.83. The van der Waals surface area contributed by atoms with E-state index in [2.05, 4.69) is 10.1 Å². The lowest BCUT2D eigenvalue weighted by Gasteiger charge is -1.99. The van der Waals surface area contributed by atoms with E-state index in [-0.39, 0.29) is 5.75 Å². The first-order valence-corrected chi connectivity index (χ1v) is 5.37. The van der Waals surface area contributed by atoms with Crippen molar-refractivity contribution in [1.82, 2.24) is 10.1 Å². The Labute approximate surface area is 92.9 Å². The van der Waals surface area contributed by atoms with Crippen molar-refractivity contribution in [2.24, 2.45) is 0 Å². The maximum atomic E-state index is 9.78. The molecular formula is C12H12N2O2. The van der Waals surface area contributed by atoms with E-state index in [1.807, 2.05) is 13.0 Å². The Morgan fingerprint density at radius 1 is 1.38 bits per heavy atom. The van der Waals surface area contributed by atoms with Gasteiger partial charge in [0.15, 0.2) is 5.82 Å². The minimum absolute atomic E-state index is 0.186. The summed E-state index contributed by atoms with van der Waals surface area (Å²) in [6.07, 6.45) is 2.28. The highest BCUT2D eigenvalue weighted by atomic mass is 16.5. The van der Waals surface area contributed by atoms with Crippen LogP contribution in [-0.4, -0.2) is 15.2 Å². The molecule has 4 heteroatoms. The lowest BCUT2D eigenvalue weighted by atomic mass is 10.1. The van der Waals surface area contributed by atoms with Crippen molar-refractivity contribution in [2.45, 2.75) is 25.7 Å². The number of aromatic hydroxyl groups is 1.